The number of aromatic nitrogens is 4. The fourth-order valence-corrected chi connectivity index (χ4v) is 6.70. The van der Waals surface area contributed by atoms with Crippen molar-refractivity contribution in [2.75, 3.05) is 45.1 Å². The Morgan fingerprint density at radius 3 is 2.39 bits per heavy atom. The van der Waals surface area contributed by atoms with Crippen molar-refractivity contribution in [1.29, 1.82) is 0 Å². The van der Waals surface area contributed by atoms with Crippen molar-refractivity contribution in [3.8, 4) is 6.01 Å². The van der Waals surface area contributed by atoms with Gasteiger partial charge in [0.25, 0.3) is 0 Å². The molecule has 2 aromatic carbocycles. The molecule has 0 radical (unpaired) electrons. The smallest absolute Gasteiger partial charge is 0.408 e. The van der Waals surface area contributed by atoms with E-state index in [1.54, 1.807) is 4.57 Å². The number of hydrogen-bond acceptors (Lipinski definition) is 12. The molecule has 17 nitrogen and oxygen atoms in total. The normalized spacial score (nSPS) is 13.9. The van der Waals surface area contributed by atoms with Gasteiger partial charge in [0.15, 0.2) is 11.5 Å². The van der Waals surface area contributed by atoms with Crippen LogP contribution in [0.15, 0.2) is 59.4 Å². The van der Waals surface area contributed by atoms with Gasteiger partial charge in [-0.3, -0.25) is 23.9 Å². The molecule has 1 saturated heterocycles. The number of nitrogens with one attached hydrogen (secondary N) is 4. The van der Waals surface area contributed by atoms with Crippen LogP contribution in [0.25, 0.3) is 11.2 Å². The number of nitrogens with zero attached hydrogens (tertiary/aromatic N) is 4. The second-order valence-corrected chi connectivity index (χ2v) is 14.3. The maximum absolute atomic E-state index is 13.2. The lowest BCUT2D eigenvalue weighted by atomic mass is 9.93. The minimum Gasteiger partial charge on any atom is -0.463 e. The number of H-pyrrole nitrogens is 1. The number of hydrogen-bond donors (Lipinski definition) is 6. The number of aromatic amines is 1. The fraction of sp³-hybridized carbons (Fsp3) is 0.500. The largest absolute Gasteiger partial charge is 0.463 e. The number of nitrogen functional groups attached to an aromatic ring is 1. The van der Waals surface area contributed by atoms with Crippen molar-refractivity contribution < 1.29 is 28.7 Å². The van der Waals surface area contributed by atoms with Crippen LogP contribution < -0.4 is 38.0 Å². The van der Waals surface area contributed by atoms with Crippen LogP contribution in [0.1, 0.15) is 75.0 Å². The highest BCUT2D eigenvalue weighted by molar-refractivity contribution is 5.85. The van der Waals surface area contributed by atoms with Gasteiger partial charge < -0.3 is 36.1 Å². The van der Waals surface area contributed by atoms with Crippen LogP contribution in [0.3, 0.4) is 0 Å². The SMILES string of the molecule is CCCCOc1nc(N)c2[nH]c(=O)n(Cc3ccc(CN4CCC(CCNC(=O)[C@H](CCCCNC(=O)CON)NC(=O)OCc5ccccc5)CC4)cc3)c2n1. The van der Waals surface area contributed by atoms with Gasteiger partial charge in [0.05, 0.1) is 13.2 Å². The van der Waals surface area contributed by atoms with Gasteiger partial charge in [-0.15, -0.1) is 0 Å². The quantitative estimate of drug-likeness (QED) is 0.0498. The number of alkyl carbamates (subject to hydrolysis) is 1. The lowest BCUT2D eigenvalue weighted by Crippen LogP contribution is -2.47. The number of amides is 3. The van der Waals surface area contributed by atoms with E-state index < -0.39 is 12.1 Å². The third-order valence-corrected chi connectivity index (χ3v) is 9.97. The first kappa shape index (κ1) is 42.6. The van der Waals surface area contributed by atoms with Gasteiger partial charge in [0.2, 0.25) is 11.8 Å². The molecule has 0 aliphatic carbocycles. The van der Waals surface area contributed by atoms with E-state index in [4.69, 9.17) is 21.1 Å². The maximum Gasteiger partial charge on any atom is 0.408 e. The summed E-state index contributed by atoms with van der Waals surface area (Å²) >= 11 is 0. The molecule has 0 bridgehead atoms. The number of carbonyl (C=O) groups excluding carboxylic acids is 3. The molecule has 1 fully saturated rings. The van der Waals surface area contributed by atoms with Crippen LogP contribution in [-0.4, -0.2) is 87.8 Å². The van der Waals surface area contributed by atoms with Gasteiger partial charge in [-0.25, -0.2) is 15.5 Å². The second-order valence-electron chi connectivity index (χ2n) is 14.3. The Kier molecular flexibility index (Phi) is 16.7. The highest BCUT2D eigenvalue weighted by Crippen LogP contribution is 2.23. The van der Waals surface area contributed by atoms with Gasteiger partial charge >= 0.3 is 17.8 Å². The maximum atomic E-state index is 13.2. The molecule has 5 rings (SSSR count). The summed E-state index contributed by atoms with van der Waals surface area (Å²) in [5.41, 5.74) is 9.59. The summed E-state index contributed by atoms with van der Waals surface area (Å²) in [5, 5.41) is 8.44. The Labute approximate surface area is 332 Å². The molecule has 4 aromatic rings. The predicted octanol–water partition coefficient (Wildman–Crippen LogP) is 3.12. The van der Waals surface area contributed by atoms with E-state index in [0.717, 1.165) is 62.9 Å². The molecule has 1 atom stereocenters. The van der Waals surface area contributed by atoms with E-state index in [2.05, 4.69) is 59.7 Å². The zero-order valence-electron chi connectivity index (χ0n) is 32.7. The van der Waals surface area contributed by atoms with E-state index in [1.165, 1.54) is 5.56 Å². The van der Waals surface area contributed by atoms with Gasteiger partial charge in [-0.05, 0) is 80.6 Å². The van der Waals surface area contributed by atoms with Crippen molar-refractivity contribution in [1.82, 2.24) is 40.4 Å². The van der Waals surface area contributed by atoms with Crippen LogP contribution in [0.2, 0.25) is 0 Å². The van der Waals surface area contributed by atoms with Gasteiger partial charge in [0.1, 0.15) is 24.8 Å². The Hall–Kier alpha value is -5.52. The Morgan fingerprint density at radius 2 is 1.67 bits per heavy atom. The molecule has 17 heteroatoms. The summed E-state index contributed by atoms with van der Waals surface area (Å²) in [7, 11) is 0. The molecule has 0 saturated carbocycles. The zero-order chi connectivity index (χ0) is 40.4. The van der Waals surface area contributed by atoms with Crippen LogP contribution in [-0.2, 0) is 38.9 Å². The van der Waals surface area contributed by atoms with Crippen molar-refractivity contribution in [3.63, 3.8) is 0 Å². The number of piperidine rings is 1. The standard InChI is InChI=1S/C40H56N10O7/c1-2-3-23-55-38-47-35(41)34-36(48-38)50(39(53)46-34)25-30-14-12-29(13-15-30)24-49-21-17-28(18-22-49)16-20-44-37(52)32(11-7-8-19-43-33(51)27-57-42)45-40(54)56-26-31-9-5-4-6-10-31/h4-6,9-10,12-15,28,32H,2-3,7-8,11,16-27,42H2,1H3,(H,43,51)(H,44,52)(H,45,54)(H,46,53)(H2,41,47,48)/t32-/m0/s1. The Morgan fingerprint density at radius 1 is 0.930 bits per heavy atom. The van der Waals surface area contributed by atoms with E-state index in [0.29, 0.717) is 62.6 Å². The monoisotopic (exact) mass is 788 g/mol. The summed E-state index contributed by atoms with van der Waals surface area (Å²) in [6.45, 7) is 6.35. The summed E-state index contributed by atoms with van der Waals surface area (Å²) in [6.07, 6.45) is 5.62. The molecule has 1 aliphatic heterocycles. The molecule has 57 heavy (non-hydrogen) atoms. The number of carbonyl (C=O) groups is 3. The third-order valence-electron chi connectivity index (χ3n) is 9.97. The lowest BCUT2D eigenvalue weighted by Gasteiger charge is -2.32. The molecular weight excluding hydrogens is 733 g/mol. The summed E-state index contributed by atoms with van der Waals surface area (Å²) in [5.74, 6) is 5.00. The van der Waals surface area contributed by atoms with Gasteiger partial charge in [-0.2, -0.15) is 9.97 Å². The minimum atomic E-state index is -0.775. The highest BCUT2D eigenvalue weighted by Gasteiger charge is 2.23. The number of unbranched alkanes of at least 4 members (excludes halogenated alkanes) is 2. The molecule has 3 amide bonds. The topological polar surface area (TPSA) is 234 Å². The number of fused-ring (bicyclic) bond motifs is 1. The average molecular weight is 789 g/mol. The number of rotatable bonds is 22. The van der Waals surface area contributed by atoms with E-state index in [9.17, 15) is 19.2 Å². The van der Waals surface area contributed by atoms with Crippen molar-refractivity contribution >= 4 is 34.9 Å². The molecule has 3 heterocycles. The fourth-order valence-electron chi connectivity index (χ4n) is 6.70. The van der Waals surface area contributed by atoms with Crippen LogP contribution >= 0.6 is 0 Å². The molecule has 1 aliphatic rings. The Bertz CT molecular complexity index is 1930. The third kappa shape index (κ3) is 13.6. The van der Waals surface area contributed by atoms with E-state index in [-0.39, 0.29) is 42.5 Å². The van der Waals surface area contributed by atoms with Crippen molar-refractivity contribution in [2.24, 2.45) is 11.8 Å². The molecule has 8 N–H and O–H groups in total. The molecular formula is C40H56N10O7. The van der Waals surface area contributed by atoms with Crippen LogP contribution in [0.5, 0.6) is 6.01 Å². The first-order chi connectivity index (χ1) is 27.7. The number of nitrogens with two attached hydrogens (primary N) is 2. The van der Waals surface area contributed by atoms with Crippen LogP contribution in [0.4, 0.5) is 10.6 Å². The van der Waals surface area contributed by atoms with E-state index in [1.807, 2.05) is 42.5 Å². The summed E-state index contributed by atoms with van der Waals surface area (Å²) in [4.78, 5) is 68.5. The molecule has 308 valence electrons. The zero-order valence-corrected chi connectivity index (χ0v) is 32.7. The first-order valence-corrected chi connectivity index (χ1v) is 19.7. The second kappa shape index (κ2) is 22.3. The molecule has 0 unspecified atom stereocenters. The Balaban J connectivity index is 1.05. The number of likely N-dealkylation sites (tertiary alicyclic amines) is 1. The number of imidazole rings is 1. The van der Waals surface area contributed by atoms with E-state index >= 15 is 0 Å². The van der Waals surface area contributed by atoms with Gasteiger partial charge in [0, 0.05) is 19.6 Å². The number of ether oxygens (including phenoxy) is 2. The summed E-state index contributed by atoms with van der Waals surface area (Å²) in [6, 6.07) is 16.9. The molecule has 2 aromatic heterocycles. The lowest BCUT2D eigenvalue weighted by molar-refractivity contribution is -0.126. The predicted molar refractivity (Wildman–Crippen MR) is 215 cm³/mol. The first-order valence-electron chi connectivity index (χ1n) is 19.7. The van der Waals surface area contributed by atoms with Crippen molar-refractivity contribution in [3.05, 3.63) is 81.8 Å². The number of benzene rings is 2. The molecule has 0 spiro atoms. The van der Waals surface area contributed by atoms with Crippen LogP contribution in [0, 0.1) is 5.92 Å². The number of anilines is 1. The minimum absolute atomic E-state index is 0.0947. The van der Waals surface area contributed by atoms with Gasteiger partial charge in [-0.1, -0.05) is 67.9 Å². The van der Waals surface area contributed by atoms with Crippen molar-refractivity contribution in [2.45, 2.75) is 84.0 Å². The average Bonchev–Trinajstić information content (AvgIpc) is 3.52. The highest BCUT2D eigenvalue weighted by atomic mass is 16.6. The summed E-state index contributed by atoms with van der Waals surface area (Å²) < 4.78 is 12.6.